The van der Waals surface area contributed by atoms with Crippen LogP contribution in [0.3, 0.4) is 0 Å². The van der Waals surface area contributed by atoms with E-state index in [1.807, 2.05) is 37.2 Å². The Morgan fingerprint density at radius 1 is 1.22 bits per heavy atom. The molecule has 1 aliphatic rings. The number of halogens is 1. The molecule has 2 aromatic rings. The van der Waals surface area contributed by atoms with Gasteiger partial charge in [-0.3, -0.25) is 0 Å². The van der Waals surface area contributed by atoms with Crippen LogP contribution in [0.15, 0.2) is 30.7 Å². The smallest absolute Gasteiger partial charge is 0.147 e. The van der Waals surface area contributed by atoms with E-state index in [9.17, 15) is 0 Å². The van der Waals surface area contributed by atoms with Crippen molar-refractivity contribution in [2.24, 2.45) is 0 Å². The maximum atomic E-state index is 6.23. The van der Waals surface area contributed by atoms with Crippen LogP contribution < -0.4 is 15.1 Å². The highest BCUT2D eigenvalue weighted by atomic mass is 35.5. The van der Waals surface area contributed by atoms with Crippen molar-refractivity contribution in [3.8, 4) is 0 Å². The Morgan fingerprint density at radius 2 is 2.00 bits per heavy atom. The van der Waals surface area contributed by atoms with Gasteiger partial charge < -0.3 is 15.1 Å². The first-order valence-corrected chi connectivity index (χ1v) is 8.12. The second kappa shape index (κ2) is 7.00. The molecule has 0 aromatic carbocycles. The molecule has 1 aliphatic heterocycles. The Balaban J connectivity index is 1.59. The normalized spacial score (nSPS) is 15.5. The maximum Gasteiger partial charge on any atom is 0.147 e. The summed E-state index contributed by atoms with van der Waals surface area (Å²) in [6, 6.07) is 6.12. The highest BCUT2D eigenvalue weighted by Crippen LogP contribution is 2.26. The minimum atomic E-state index is 0.402. The van der Waals surface area contributed by atoms with E-state index >= 15 is 0 Å². The molecule has 23 heavy (non-hydrogen) atoms. The summed E-state index contributed by atoms with van der Waals surface area (Å²) in [5, 5.41) is 4.22. The van der Waals surface area contributed by atoms with Crippen molar-refractivity contribution >= 4 is 29.1 Å². The van der Waals surface area contributed by atoms with Gasteiger partial charge in [0.2, 0.25) is 0 Å². The predicted octanol–water partition coefficient (Wildman–Crippen LogP) is 2.67. The fourth-order valence-electron chi connectivity index (χ4n) is 2.73. The number of anilines is 3. The molecule has 1 N–H and O–H groups in total. The molecular formula is C16H21ClN6. The molecule has 0 amide bonds. The molecule has 3 rings (SSSR count). The quantitative estimate of drug-likeness (QED) is 0.929. The van der Waals surface area contributed by atoms with E-state index in [2.05, 4.69) is 25.2 Å². The largest absolute Gasteiger partial charge is 0.367 e. The Hall–Kier alpha value is -2.08. The summed E-state index contributed by atoms with van der Waals surface area (Å²) >= 11 is 6.23. The summed E-state index contributed by atoms with van der Waals surface area (Å²) in [7, 11) is 3.95. The highest BCUT2D eigenvalue weighted by Gasteiger charge is 2.21. The van der Waals surface area contributed by atoms with Crippen LogP contribution in [0.25, 0.3) is 0 Å². The summed E-state index contributed by atoms with van der Waals surface area (Å²) in [6.07, 6.45) is 5.43. The van der Waals surface area contributed by atoms with Gasteiger partial charge in [0.25, 0.3) is 0 Å². The first-order valence-electron chi connectivity index (χ1n) is 7.75. The zero-order valence-electron chi connectivity index (χ0n) is 13.4. The Bertz CT molecular complexity index is 655. The number of nitrogens with one attached hydrogen (secondary N) is 1. The van der Waals surface area contributed by atoms with Gasteiger partial charge in [-0.2, -0.15) is 0 Å². The van der Waals surface area contributed by atoms with E-state index in [4.69, 9.17) is 11.6 Å². The number of hydrogen-bond donors (Lipinski definition) is 1. The van der Waals surface area contributed by atoms with E-state index < -0.39 is 0 Å². The standard InChI is InChI=1S/C16H21ClN6/c1-22(2)15-10-14(19-11-20-15)21-12-5-8-23(9-6-12)16-13(17)4-3-7-18-16/h3-4,7,10-12H,5-6,8-9H2,1-2H3,(H,19,20,21). The van der Waals surface area contributed by atoms with Gasteiger partial charge in [0.1, 0.15) is 23.8 Å². The minimum Gasteiger partial charge on any atom is -0.367 e. The molecular weight excluding hydrogens is 312 g/mol. The Morgan fingerprint density at radius 3 is 2.70 bits per heavy atom. The third-order valence-electron chi connectivity index (χ3n) is 4.00. The van der Waals surface area contributed by atoms with E-state index in [-0.39, 0.29) is 0 Å². The number of hydrogen-bond acceptors (Lipinski definition) is 6. The SMILES string of the molecule is CN(C)c1cc(NC2CCN(c3ncccc3Cl)CC2)ncn1. The fourth-order valence-corrected chi connectivity index (χ4v) is 2.97. The van der Waals surface area contributed by atoms with Crippen LogP contribution in [-0.4, -0.2) is 48.2 Å². The molecule has 0 unspecified atom stereocenters. The molecule has 0 bridgehead atoms. The third kappa shape index (κ3) is 3.82. The number of pyridine rings is 1. The van der Waals surface area contributed by atoms with E-state index in [1.54, 1.807) is 12.5 Å². The molecule has 3 heterocycles. The lowest BCUT2D eigenvalue weighted by Crippen LogP contribution is -2.39. The van der Waals surface area contributed by atoms with Gasteiger partial charge in [-0.15, -0.1) is 0 Å². The van der Waals surface area contributed by atoms with Crippen LogP contribution in [0.1, 0.15) is 12.8 Å². The molecule has 0 spiro atoms. The van der Waals surface area contributed by atoms with Crippen molar-refractivity contribution in [3.05, 3.63) is 35.7 Å². The molecule has 6 nitrogen and oxygen atoms in total. The van der Waals surface area contributed by atoms with Gasteiger partial charge in [0.05, 0.1) is 5.02 Å². The molecule has 0 atom stereocenters. The fraction of sp³-hybridized carbons (Fsp3) is 0.438. The summed E-state index contributed by atoms with van der Waals surface area (Å²) in [5.41, 5.74) is 0. The second-order valence-electron chi connectivity index (χ2n) is 5.87. The number of rotatable bonds is 4. The summed E-state index contributed by atoms with van der Waals surface area (Å²) in [5.74, 6) is 2.66. The van der Waals surface area contributed by atoms with Crippen molar-refractivity contribution in [2.45, 2.75) is 18.9 Å². The molecule has 122 valence electrons. The zero-order valence-corrected chi connectivity index (χ0v) is 14.2. The van der Waals surface area contributed by atoms with Crippen LogP contribution in [0.4, 0.5) is 17.5 Å². The van der Waals surface area contributed by atoms with Gasteiger partial charge in [-0.1, -0.05) is 11.6 Å². The van der Waals surface area contributed by atoms with Gasteiger partial charge in [0, 0.05) is 45.5 Å². The maximum absolute atomic E-state index is 6.23. The second-order valence-corrected chi connectivity index (χ2v) is 6.28. The minimum absolute atomic E-state index is 0.402. The lowest BCUT2D eigenvalue weighted by molar-refractivity contribution is 0.522. The number of aromatic nitrogens is 3. The summed E-state index contributed by atoms with van der Waals surface area (Å²) < 4.78 is 0. The molecule has 2 aromatic heterocycles. The van der Waals surface area contributed by atoms with Crippen LogP contribution in [0.2, 0.25) is 5.02 Å². The topological polar surface area (TPSA) is 57.2 Å². The zero-order chi connectivity index (χ0) is 16.2. The van der Waals surface area contributed by atoms with Crippen LogP contribution in [0.5, 0.6) is 0 Å². The van der Waals surface area contributed by atoms with Gasteiger partial charge in [-0.25, -0.2) is 15.0 Å². The van der Waals surface area contributed by atoms with Gasteiger partial charge in [0.15, 0.2) is 0 Å². The Labute approximate surface area is 141 Å². The molecule has 0 aliphatic carbocycles. The molecule has 1 fully saturated rings. The van der Waals surface area contributed by atoms with Crippen LogP contribution in [-0.2, 0) is 0 Å². The third-order valence-corrected chi connectivity index (χ3v) is 4.29. The molecule has 0 radical (unpaired) electrons. The lowest BCUT2D eigenvalue weighted by atomic mass is 10.1. The lowest BCUT2D eigenvalue weighted by Gasteiger charge is -2.33. The first-order chi connectivity index (χ1) is 11.1. The molecule has 0 saturated carbocycles. The molecule has 7 heteroatoms. The van der Waals surface area contributed by atoms with Crippen molar-refractivity contribution in [3.63, 3.8) is 0 Å². The van der Waals surface area contributed by atoms with Crippen LogP contribution >= 0.6 is 11.6 Å². The predicted molar refractivity (Wildman–Crippen MR) is 94.5 cm³/mol. The van der Waals surface area contributed by atoms with Gasteiger partial charge in [-0.05, 0) is 25.0 Å². The van der Waals surface area contributed by atoms with Gasteiger partial charge >= 0.3 is 0 Å². The average Bonchev–Trinajstić information content (AvgIpc) is 2.56. The van der Waals surface area contributed by atoms with Crippen LogP contribution in [0, 0.1) is 0 Å². The number of nitrogens with zero attached hydrogens (tertiary/aromatic N) is 5. The van der Waals surface area contributed by atoms with E-state index in [1.165, 1.54) is 0 Å². The summed E-state index contributed by atoms with van der Waals surface area (Å²) in [4.78, 5) is 17.2. The number of piperidine rings is 1. The summed E-state index contributed by atoms with van der Waals surface area (Å²) in [6.45, 7) is 1.86. The van der Waals surface area contributed by atoms with Crippen molar-refractivity contribution in [1.29, 1.82) is 0 Å². The highest BCUT2D eigenvalue weighted by molar-refractivity contribution is 6.32. The molecule has 1 saturated heterocycles. The average molecular weight is 333 g/mol. The van der Waals surface area contributed by atoms with Crippen molar-refractivity contribution in [1.82, 2.24) is 15.0 Å². The van der Waals surface area contributed by atoms with E-state index in [0.29, 0.717) is 11.1 Å². The monoisotopic (exact) mass is 332 g/mol. The Kier molecular flexibility index (Phi) is 4.81. The van der Waals surface area contributed by atoms with E-state index in [0.717, 1.165) is 43.4 Å². The van der Waals surface area contributed by atoms with Crippen molar-refractivity contribution < 1.29 is 0 Å². The van der Waals surface area contributed by atoms with Crippen molar-refractivity contribution in [2.75, 3.05) is 42.3 Å². The first kappa shape index (κ1) is 15.8.